The van der Waals surface area contributed by atoms with E-state index in [1.54, 1.807) is 0 Å². The fourth-order valence-electron chi connectivity index (χ4n) is 2.19. The highest BCUT2D eigenvalue weighted by atomic mass is 32.2. The van der Waals surface area contributed by atoms with Crippen molar-refractivity contribution in [2.45, 2.75) is 38.1 Å². The minimum atomic E-state index is -3.56. The van der Waals surface area contributed by atoms with Gasteiger partial charge in [-0.1, -0.05) is 6.42 Å². The fourth-order valence-corrected chi connectivity index (χ4v) is 3.58. The Labute approximate surface area is 112 Å². The monoisotopic (exact) mass is 293 g/mol. The van der Waals surface area contributed by atoms with Crippen LogP contribution in [0.2, 0.25) is 0 Å². The Bertz CT molecular complexity index is 432. The predicted octanol–water partition coefficient (Wildman–Crippen LogP) is 0.112. The molecule has 8 heteroatoms. The second kappa shape index (κ2) is 6.85. The molecule has 1 rings (SSSR count). The van der Waals surface area contributed by atoms with Crippen molar-refractivity contribution in [3.05, 3.63) is 0 Å². The van der Waals surface area contributed by atoms with E-state index in [1.165, 1.54) is 7.11 Å². The number of ether oxygens (including phenoxy) is 1. The number of rotatable bonds is 7. The maximum atomic E-state index is 11.8. The maximum Gasteiger partial charge on any atom is 0.308 e. The Morgan fingerprint density at radius 3 is 2.63 bits per heavy atom. The largest absolute Gasteiger partial charge is 0.481 e. The van der Waals surface area contributed by atoms with E-state index < -0.39 is 33.9 Å². The van der Waals surface area contributed by atoms with Gasteiger partial charge in [0.15, 0.2) is 0 Å². The van der Waals surface area contributed by atoms with Crippen LogP contribution in [0.1, 0.15) is 32.1 Å². The van der Waals surface area contributed by atoms with Crippen LogP contribution >= 0.6 is 0 Å². The van der Waals surface area contributed by atoms with E-state index in [0.717, 1.165) is 0 Å². The molecule has 2 unspecified atom stereocenters. The van der Waals surface area contributed by atoms with Gasteiger partial charge in [-0.25, -0.2) is 13.1 Å². The van der Waals surface area contributed by atoms with Gasteiger partial charge in [-0.05, 0) is 19.3 Å². The Balaban J connectivity index is 2.46. The summed E-state index contributed by atoms with van der Waals surface area (Å²) in [6.07, 6.45) is 1.92. The molecular formula is C11H19NO6S. The third kappa shape index (κ3) is 5.15. The molecule has 0 radical (unpaired) electrons. The molecule has 19 heavy (non-hydrogen) atoms. The highest BCUT2D eigenvalue weighted by Crippen LogP contribution is 2.26. The first kappa shape index (κ1) is 15.9. The molecular weight excluding hydrogens is 274 g/mol. The number of hydrogen-bond acceptors (Lipinski definition) is 5. The number of carboxylic acid groups (broad SMARTS) is 1. The smallest absolute Gasteiger partial charge is 0.308 e. The van der Waals surface area contributed by atoms with E-state index in [0.29, 0.717) is 19.3 Å². The lowest BCUT2D eigenvalue weighted by Crippen LogP contribution is -2.41. The summed E-state index contributed by atoms with van der Waals surface area (Å²) in [4.78, 5) is 21.8. The zero-order valence-corrected chi connectivity index (χ0v) is 11.6. The summed E-state index contributed by atoms with van der Waals surface area (Å²) in [6, 6.07) is -0.541. The van der Waals surface area contributed by atoms with Crippen LogP contribution in [0.4, 0.5) is 0 Å². The average molecular weight is 293 g/mol. The van der Waals surface area contributed by atoms with Crippen molar-refractivity contribution < 1.29 is 27.9 Å². The van der Waals surface area contributed by atoms with Crippen LogP contribution in [0, 0.1) is 5.92 Å². The van der Waals surface area contributed by atoms with Gasteiger partial charge in [-0.2, -0.15) is 0 Å². The molecule has 1 saturated carbocycles. The first-order chi connectivity index (χ1) is 8.85. The minimum absolute atomic E-state index is 0.0322. The molecule has 2 N–H and O–H groups in total. The summed E-state index contributed by atoms with van der Waals surface area (Å²) < 4.78 is 30.4. The van der Waals surface area contributed by atoms with Gasteiger partial charge in [0.2, 0.25) is 10.0 Å². The molecule has 0 aliphatic heterocycles. The third-order valence-electron chi connectivity index (χ3n) is 3.19. The number of carboxylic acids is 1. The van der Waals surface area contributed by atoms with Crippen LogP contribution in [0.15, 0.2) is 0 Å². The first-order valence-corrected chi connectivity index (χ1v) is 7.80. The van der Waals surface area contributed by atoms with Crippen molar-refractivity contribution in [3.63, 3.8) is 0 Å². The van der Waals surface area contributed by atoms with Gasteiger partial charge in [0.05, 0.1) is 18.8 Å². The molecule has 0 aromatic heterocycles. The van der Waals surface area contributed by atoms with Crippen molar-refractivity contribution >= 4 is 22.0 Å². The summed E-state index contributed by atoms with van der Waals surface area (Å²) >= 11 is 0. The molecule has 0 heterocycles. The summed E-state index contributed by atoms with van der Waals surface area (Å²) in [6.45, 7) is 0. The van der Waals surface area contributed by atoms with Crippen molar-refractivity contribution in [1.82, 2.24) is 4.72 Å². The Hall–Kier alpha value is -1.15. The lowest BCUT2D eigenvalue weighted by Gasteiger charge is -2.17. The van der Waals surface area contributed by atoms with E-state index in [2.05, 4.69) is 9.46 Å². The zero-order chi connectivity index (χ0) is 14.5. The van der Waals surface area contributed by atoms with Gasteiger partial charge in [0.25, 0.3) is 0 Å². The quantitative estimate of drug-likeness (QED) is 0.645. The lowest BCUT2D eigenvalue weighted by molar-refractivity contribution is -0.142. The Morgan fingerprint density at radius 2 is 2.05 bits per heavy atom. The minimum Gasteiger partial charge on any atom is -0.481 e. The highest BCUT2D eigenvalue weighted by molar-refractivity contribution is 7.89. The van der Waals surface area contributed by atoms with Gasteiger partial charge in [-0.3, -0.25) is 9.59 Å². The molecule has 0 aromatic carbocycles. The molecule has 0 amide bonds. The van der Waals surface area contributed by atoms with Crippen LogP contribution in [-0.2, 0) is 24.3 Å². The van der Waals surface area contributed by atoms with E-state index in [9.17, 15) is 18.0 Å². The summed E-state index contributed by atoms with van der Waals surface area (Å²) in [5.74, 6) is -2.29. The number of carbonyl (C=O) groups excluding carboxylic acids is 1. The van der Waals surface area contributed by atoms with Crippen molar-refractivity contribution in [3.8, 4) is 0 Å². The number of carbonyl (C=O) groups is 2. The van der Waals surface area contributed by atoms with Gasteiger partial charge < -0.3 is 9.84 Å². The summed E-state index contributed by atoms with van der Waals surface area (Å²) in [5, 5.41) is 8.97. The van der Waals surface area contributed by atoms with Gasteiger partial charge in [0.1, 0.15) is 0 Å². The van der Waals surface area contributed by atoms with Gasteiger partial charge in [-0.15, -0.1) is 0 Å². The molecule has 0 bridgehead atoms. The van der Waals surface area contributed by atoms with E-state index in [1.807, 2.05) is 0 Å². The molecule has 7 nitrogen and oxygen atoms in total. The number of sulfonamides is 1. The number of esters is 1. The number of nitrogens with one attached hydrogen (secondary N) is 1. The predicted molar refractivity (Wildman–Crippen MR) is 66.9 cm³/mol. The molecule has 2 atom stereocenters. The number of aliphatic carboxylic acids is 1. The Morgan fingerprint density at radius 1 is 1.37 bits per heavy atom. The summed E-state index contributed by atoms with van der Waals surface area (Å²) in [7, 11) is -2.32. The Kier molecular flexibility index (Phi) is 5.74. The van der Waals surface area contributed by atoms with Crippen LogP contribution in [0.3, 0.4) is 0 Å². The van der Waals surface area contributed by atoms with E-state index in [-0.39, 0.29) is 18.6 Å². The third-order valence-corrected chi connectivity index (χ3v) is 4.67. The van der Waals surface area contributed by atoms with Crippen molar-refractivity contribution in [2.24, 2.45) is 5.92 Å². The molecule has 1 aliphatic carbocycles. The molecule has 0 spiro atoms. The first-order valence-electron chi connectivity index (χ1n) is 6.15. The maximum absolute atomic E-state index is 11.8. The van der Waals surface area contributed by atoms with Crippen LogP contribution in [0.5, 0.6) is 0 Å². The highest BCUT2D eigenvalue weighted by Gasteiger charge is 2.35. The molecule has 1 aliphatic rings. The standard InChI is InChI=1S/C11H19NO6S/c1-18-10(13)6-3-7-19(16,17)12-9-5-2-4-8(9)11(14)15/h8-9,12H,2-7H2,1H3,(H,14,15). The SMILES string of the molecule is COC(=O)CCCS(=O)(=O)NC1CCCC1C(=O)O. The zero-order valence-electron chi connectivity index (χ0n) is 10.8. The van der Waals surface area contributed by atoms with E-state index in [4.69, 9.17) is 5.11 Å². The lowest BCUT2D eigenvalue weighted by atomic mass is 10.1. The van der Waals surface area contributed by atoms with Gasteiger partial charge in [0, 0.05) is 12.5 Å². The van der Waals surface area contributed by atoms with Crippen LogP contribution < -0.4 is 4.72 Å². The number of hydrogen-bond donors (Lipinski definition) is 2. The molecule has 0 saturated heterocycles. The second-order valence-corrected chi connectivity index (χ2v) is 6.47. The van der Waals surface area contributed by atoms with Crippen LogP contribution in [-0.4, -0.2) is 44.4 Å². The van der Waals surface area contributed by atoms with E-state index >= 15 is 0 Å². The number of methoxy groups -OCH3 is 1. The fraction of sp³-hybridized carbons (Fsp3) is 0.818. The normalized spacial score (nSPS) is 23.2. The molecule has 1 fully saturated rings. The summed E-state index contributed by atoms with van der Waals surface area (Å²) in [5.41, 5.74) is 0. The van der Waals surface area contributed by atoms with Gasteiger partial charge >= 0.3 is 11.9 Å². The van der Waals surface area contributed by atoms with Crippen molar-refractivity contribution in [2.75, 3.05) is 12.9 Å². The molecule has 0 aromatic rings. The van der Waals surface area contributed by atoms with Crippen LogP contribution in [0.25, 0.3) is 0 Å². The molecule has 110 valence electrons. The average Bonchev–Trinajstić information content (AvgIpc) is 2.75. The topological polar surface area (TPSA) is 110 Å². The second-order valence-electron chi connectivity index (χ2n) is 4.60. The van der Waals surface area contributed by atoms with Crippen molar-refractivity contribution in [1.29, 1.82) is 0 Å².